The Morgan fingerprint density at radius 3 is 2.05 bits per heavy atom. The summed E-state index contributed by atoms with van der Waals surface area (Å²) in [5.74, 6) is -0.207. The van der Waals surface area contributed by atoms with Crippen LogP contribution in [0.1, 0.15) is 15.9 Å². The van der Waals surface area contributed by atoms with Gasteiger partial charge in [-0.1, -0.05) is 40.2 Å². The monoisotopic (exact) mass is 592 g/mol. The Hall–Kier alpha value is -3.14. The number of carbonyl (C=O) groups excluding carboxylic acids is 1. The van der Waals surface area contributed by atoms with E-state index in [0.717, 1.165) is 22.3 Å². The summed E-state index contributed by atoms with van der Waals surface area (Å²) in [5, 5.41) is 2.86. The van der Waals surface area contributed by atoms with E-state index in [4.69, 9.17) is 0 Å². The third-order valence-electron chi connectivity index (χ3n) is 5.65. The Kier molecular flexibility index (Phi) is 9.17. The van der Waals surface area contributed by atoms with E-state index >= 15 is 0 Å². The highest BCUT2D eigenvalue weighted by atomic mass is 79.9. The van der Waals surface area contributed by atoms with Crippen molar-refractivity contribution in [3.63, 3.8) is 0 Å². The molecular formula is C27H25BrClF3N4O. The average molecular weight is 594 g/mol. The molecule has 0 unspecified atom stereocenters. The Morgan fingerprint density at radius 1 is 0.946 bits per heavy atom. The van der Waals surface area contributed by atoms with Gasteiger partial charge in [0.25, 0.3) is 5.91 Å². The first-order valence-electron chi connectivity index (χ1n) is 11.2. The lowest BCUT2D eigenvalue weighted by Crippen LogP contribution is -2.31. The van der Waals surface area contributed by atoms with Crippen molar-refractivity contribution in [3.05, 3.63) is 94.7 Å². The van der Waals surface area contributed by atoms with Gasteiger partial charge in [-0.05, 0) is 67.7 Å². The maximum atomic E-state index is 14.0. The lowest BCUT2D eigenvalue weighted by atomic mass is 10.1. The molecule has 0 saturated heterocycles. The van der Waals surface area contributed by atoms with E-state index in [1.165, 1.54) is 6.20 Å². The summed E-state index contributed by atoms with van der Waals surface area (Å²) in [4.78, 5) is 18.4. The van der Waals surface area contributed by atoms with E-state index in [2.05, 4.69) is 26.2 Å². The van der Waals surface area contributed by atoms with Crippen molar-refractivity contribution in [2.45, 2.75) is 6.18 Å². The van der Waals surface area contributed by atoms with Crippen LogP contribution in [-0.2, 0) is 6.18 Å². The number of carbonyl (C=O) groups is 1. The molecule has 0 saturated carbocycles. The molecule has 0 bridgehead atoms. The van der Waals surface area contributed by atoms with Crippen molar-refractivity contribution in [2.24, 2.45) is 0 Å². The fraction of sp³-hybridized carbons (Fsp3) is 0.185. The highest BCUT2D eigenvalue weighted by Crippen LogP contribution is 2.39. The van der Waals surface area contributed by atoms with Gasteiger partial charge in [-0.2, -0.15) is 13.2 Å². The zero-order valence-corrected chi connectivity index (χ0v) is 22.5. The summed E-state index contributed by atoms with van der Waals surface area (Å²) in [6.45, 7) is 1.22. The Labute approximate surface area is 227 Å². The van der Waals surface area contributed by atoms with Crippen molar-refractivity contribution in [1.82, 2.24) is 19.8 Å². The number of halogens is 5. The quantitative estimate of drug-likeness (QED) is 0.259. The summed E-state index contributed by atoms with van der Waals surface area (Å²) in [7, 11) is 3.84. The predicted molar refractivity (Wildman–Crippen MR) is 145 cm³/mol. The molecule has 0 atom stereocenters. The minimum atomic E-state index is -4.56. The van der Waals surface area contributed by atoms with Crippen LogP contribution in [0.3, 0.4) is 0 Å². The van der Waals surface area contributed by atoms with Crippen LogP contribution in [0.15, 0.2) is 83.6 Å². The molecule has 4 rings (SSSR count). The average Bonchev–Trinajstić information content (AvgIpc) is 3.29. The van der Waals surface area contributed by atoms with E-state index in [0.29, 0.717) is 35.6 Å². The number of nitrogens with one attached hydrogen (secondary N) is 1. The van der Waals surface area contributed by atoms with Crippen LogP contribution in [0.5, 0.6) is 0 Å². The first-order valence-corrected chi connectivity index (χ1v) is 12.0. The summed E-state index contributed by atoms with van der Waals surface area (Å²) in [6, 6.07) is 18.7. The van der Waals surface area contributed by atoms with Crippen LogP contribution < -0.4 is 5.32 Å². The standard InChI is InChI=1S/C27H24BrF3N4O.ClH/c1-34(2)16-15-33-26(36)20-5-3-18(4-6-20)23-11-12-24(19-7-9-21(28)10-8-19)35(23)25-17-32-14-13-22(25)27(29,30)31;/h3-14,17H,15-16H2,1-2H3,(H,33,36);1H. The number of rotatable bonds is 7. The molecule has 1 N–H and O–H groups in total. The molecule has 1 amide bonds. The van der Waals surface area contributed by atoms with E-state index < -0.39 is 11.7 Å². The van der Waals surface area contributed by atoms with Crippen LogP contribution >= 0.6 is 28.3 Å². The highest BCUT2D eigenvalue weighted by molar-refractivity contribution is 9.10. The number of nitrogens with zero attached hydrogens (tertiary/aromatic N) is 3. The Bertz CT molecular complexity index is 1350. The molecule has 10 heteroatoms. The number of alkyl halides is 3. The lowest BCUT2D eigenvalue weighted by Gasteiger charge is -2.19. The zero-order valence-electron chi connectivity index (χ0n) is 20.1. The number of hydrogen-bond donors (Lipinski definition) is 1. The van der Waals surface area contributed by atoms with Crippen LogP contribution in [0.4, 0.5) is 13.2 Å². The normalized spacial score (nSPS) is 11.3. The molecule has 0 fully saturated rings. The van der Waals surface area contributed by atoms with Gasteiger partial charge in [0.05, 0.1) is 28.8 Å². The third kappa shape index (κ3) is 6.60. The van der Waals surface area contributed by atoms with Gasteiger partial charge in [0.1, 0.15) is 0 Å². The molecule has 0 aliphatic carbocycles. The van der Waals surface area contributed by atoms with E-state index in [-0.39, 0.29) is 24.0 Å². The second kappa shape index (κ2) is 11.9. The highest BCUT2D eigenvalue weighted by Gasteiger charge is 2.35. The Morgan fingerprint density at radius 2 is 1.51 bits per heavy atom. The molecule has 0 aliphatic heterocycles. The van der Waals surface area contributed by atoms with Crippen LogP contribution in [0, 0.1) is 0 Å². The number of amides is 1. The second-order valence-electron chi connectivity index (χ2n) is 8.47. The SMILES string of the molecule is CN(C)CCNC(=O)c1ccc(-c2ccc(-c3ccc(Br)cc3)n2-c2cnccc2C(F)(F)F)cc1.Cl. The molecule has 0 spiro atoms. The van der Waals surface area contributed by atoms with Crippen molar-refractivity contribution in [2.75, 3.05) is 27.2 Å². The molecule has 2 aromatic heterocycles. The Balaban J connectivity index is 0.00000380. The first-order chi connectivity index (χ1) is 17.1. The van der Waals surface area contributed by atoms with Gasteiger partial charge in [0, 0.05) is 29.3 Å². The van der Waals surface area contributed by atoms with E-state index in [1.807, 2.05) is 43.3 Å². The van der Waals surface area contributed by atoms with Crippen LogP contribution in [0.25, 0.3) is 28.2 Å². The molecular weight excluding hydrogens is 569 g/mol. The van der Waals surface area contributed by atoms with Gasteiger partial charge in [-0.25, -0.2) is 0 Å². The number of likely N-dealkylation sites (N-methyl/N-ethyl adjacent to an activating group) is 1. The molecule has 0 radical (unpaired) electrons. The first kappa shape index (κ1) is 28.4. The molecule has 2 aromatic carbocycles. The second-order valence-corrected chi connectivity index (χ2v) is 9.39. The van der Waals surface area contributed by atoms with Crippen molar-refractivity contribution in [1.29, 1.82) is 0 Å². The van der Waals surface area contributed by atoms with Crippen LogP contribution in [-0.4, -0.2) is 47.5 Å². The molecule has 4 aromatic rings. The van der Waals surface area contributed by atoms with E-state index in [1.54, 1.807) is 41.0 Å². The van der Waals surface area contributed by atoms with Gasteiger partial charge in [-0.15, -0.1) is 12.4 Å². The van der Waals surface area contributed by atoms with Crippen molar-refractivity contribution >= 4 is 34.2 Å². The van der Waals surface area contributed by atoms with E-state index in [9.17, 15) is 18.0 Å². The van der Waals surface area contributed by atoms with Gasteiger partial charge in [0.2, 0.25) is 0 Å². The van der Waals surface area contributed by atoms with Gasteiger partial charge in [-0.3, -0.25) is 9.78 Å². The minimum absolute atomic E-state index is 0. The molecule has 0 aliphatic rings. The van der Waals surface area contributed by atoms with Crippen LogP contribution in [0.2, 0.25) is 0 Å². The molecule has 37 heavy (non-hydrogen) atoms. The third-order valence-corrected chi connectivity index (χ3v) is 6.18. The van der Waals surface area contributed by atoms with Crippen molar-refractivity contribution in [3.8, 4) is 28.2 Å². The summed E-state index contributed by atoms with van der Waals surface area (Å²) >= 11 is 3.40. The fourth-order valence-electron chi connectivity index (χ4n) is 3.86. The number of benzene rings is 2. The van der Waals surface area contributed by atoms with Gasteiger partial charge < -0.3 is 14.8 Å². The lowest BCUT2D eigenvalue weighted by molar-refractivity contribution is -0.137. The van der Waals surface area contributed by atoms with Gasteiger partial charge in [0.15, 0.2) is 0 Å². The molecule has 2 heterocycles. The number of pyridine rings is 1. The predicted octanol–water partition coefficient (Wildman–Crippen LogP) is 6.70. The summed E-state index contributed by atoms with van der Waals surface area (Å²) in [6.07, 6.45) is -2.20. The maximum Gasteiger partial charge on any atom is 0.418 e. The topological polar surface area (TPSA) is 50.2 Å². The molecule has 5 nitrogen and oxygen atoms in total. The number of hydrogen-bond acceptors (Lipinski definition) is 3. The minimum Gasteiger partial charge on any atom is -0.351 e. The van der Waals surface area contributed by atoms with Gasteiger partial charge >= 0.3 is 6.18 Å². The largest absolute Gasteiger partial charge is 0.418 e. The smallest absolute Gasteiger partial charge is 0.351 e. The summed E-state index contributed by atoms with van der Waals surface area (Å²) in [5.41, 5.74) is 2.16. The maximum absolute atomic E-state index is 14.0. The summed E-state index contributed by atoms with van der Waals surface area (Å²) < 4.78 is 44.3. The zero-order chi connectivity index (χ0) is 25.9. The molecule has 194 valence electrons. The fourth-order valence-corrected chi connectivity index (χ4v) is 4.12. The van der Waals surface area contributed by atoms with Crippen molar-refractivity contribution < 1.29 is 18.0 Å². The number of aromatic nitrogens is 2.